The molecule has 4 rings (SSSR count). The van der Waals surface area contributed by atoms with Gasteiger partial charge in [-0.15, -0.1) is 0 Å². The van der Waals surface area contributed by atoms with Crippen LogP contribution in [0.25, 0.3) is 0 Å². The summed E-state index contributed by atoms with van der Waals surface area (Å²) in [5.41, 5.74) is 2.19. The van der Waals surface area contributed by atoms with Gasteiger partial charge in [-0.3, -0.25) is 4.84 Å². The summed E-state index contributed by atoms with van der Waals surface area (Å²) in [6.07, 6.45) is 17.1. The molecule has 0 bridgehead atoms. The van der Waals surface area contributed by atoms with Gasteiger partial charge in [-0.25, -0.2) is 4.79 Å². The first-order valence-corrected chi connectivity index (χ1v) is 17.8. The summed E-state index contributed by atoms with van der Waals surface area (Å²) in [6, 6.07) is 0. The molecule has 8 atom stereocenters. The van der Waals surface area contributed by atoms with Gasteiger partial charge < -0.3 is 14.8 Å². The van der Waals surface area contributed by atoms with Gasteiger partial charge in [0.25, 0.3) is 0 Å². The molecule has 0 aromatic heterocycles. The van der Waals surface area contributed by atoms with E-state index < -0.39 is 0 Å². The van der Waals surface area contributed by atoms with Gasteiger partial charge in [-0.1, -0.05) is 65.5 Å². The second kappa shape index (κ2) is 14.5. The van der Waals surface area contributed by atoms with E-state index in [0.29, 0.717) is 25.3 Å². The molecule has 0 heterocycles. The maximum absolute atomic E-state index is 12.6. The van der Waals surface area contributed by atoms with Crippen LogP contribution in [0.2, 0.25) is 0 Å². The average Bonchev–Trinajstić information content (AvgIpc) is 3.28. The minimum atomic E-state index is -0.291. The van der Waals surface area contributed by atoms with Crippen LogP contribution in [0.1, 0.15) is 132 Å². The maximum atomic E-state index is 12.6. The van der Waals surface area contributed by atoms with Crippen molar-refractivity contribution in [2.45, 2.75) is 144 Å². The highest BCUT2D eigenvalue weighted by molar-refractivity contribution is 5.67. The molecule has 3 saturated carbocycles. The molecular weight excluding hydrogens is 536 g/mol. The number of fused-ring (bicyclic) bond motifs is 5. The van der Waals surface area contributed by atoms with E-state index in [1.165, 1.54) is 51.4 Å². The molecule has 0 saturated heterocycles. The van der Waals surface area contributed by atoms with Crippen LogP contribution in [0.3, 0.4) is 0 Å². The lowest BCUT2D eigenvalue weighted by Crippen LogP contribution is -2.51. The molecular formula is C37H66N2O4. The lowest BCUT2D eigenvalue weighted by atomic mass is 9.47. The molecule has 0 aromatic carbocycles. The lowest BCUT2D eigenvalue weighted by molar-refractivity contribution is -0.213. The Hall–Kier alpha value is -1.11. The Labute approximate surface area is 264 Å². The zero-order chi connectivity index (χ0) is 31.4. The summed E-state index contributed by atoms with van der Waals surface area (Å²) in [4.78, 5) is 18.3. The fourth-order valence-electron chi connectivity index (χ4n) is 9.75. The van der Waals surface area contributed by atoms with Gasteiger partial charge in [0.1, 0.15) is 12.8 Å². The van der Waals surface area contributed by atoms with Gasteiger partial charge in [0, 0.05) is 20.0 Å². The topological polar surface area (TPSA) is 60.0 Å². The molecule has 6 nitrogen and oxygen atoms in total. The number of nitrogens with zero attached hydrogens (tertiary/aromatic N) is 1. The summed E-state index contributed by atoms with van der Waals surface area (Å²) in [5.74, 6) is 5.10. The predicted molar refractivity (Wildman–Crippen MR) is 175 cm³/mol. The highest BCUT2D eigenvalue weighted by Gasteiger charge is 2.59. The number of amides is 1. The Morgan fingerprint density at radius 3 is 2.53 bits per heavy atom. The summed E-state index contributed by atoms with van der Waals surface area (Å²) in [7, 11) is 1.86. The number of nitrogens with one attached hydrogen (secondary N) is 1. The Kier molecular flexibility index (Phi) is 11.8. The van der Waals surface area contributed by atoms with E-state index in [2.05, 4.69) is 46.0 Å². The number of hydrogen-bond donors (Lipinski definition) is 1. The second-order valence-electron chi connectivity index (χ2n) is 16.7. The highest BCUT2D eigenvalue weighted by atomic mass is 16.7. The Bertz CT molecular complexity index is 943. The number of carbonyl (C=O) groups is 1. The molecule has 4 aliphatic carbocycles. The minimum absolute atomic E-state index is 0.00999. The molecule has 2 unspecified atom stereocenters. The van der Waals surface area contributed by atoms with Crippen molar-refractivity contribution in [2.75, 3.05) is 26.9 Å². The third kappa shape index (κ3) is 8.58. The van der Waals surface area contributed by atoms with E-state index >= 15 is 0 Å². The normalized spacial score (nSPS) is 34.8. The molecule has 0 aromatic rings. The van der Waals surface area contributed by atoms with Crippen molar-refractivity contribution in [3.63, 3.8) is 0 Å². The van der Waals surface area contributed by atoms with Crippen LogP contribution in [-0.2, 0) is 14.3 Å². The largest absolute Gasteiger partial charge is 0.446 e. The van der Waals surface area contributed by atoms with Gasteiger partial charge in [-0.2, -0.15) is 5.06 Å². The van der Waals surface area contributed by atoms with Gasteiger partial charge in [0.2, 0.25) is 0 Å². The summed E-state index contributed by atoms with van der Waals surface area (Å²) < 4.78 is 11.6. The van der Waals surface area contributed by atoms with Crippen LogP contribution in [0.4, 0.5) is 4.79 Å². The molecule has 0 aliphatic heterocycles. The maximum Gasteiger partial charge on any atom is 0.407 e. The monoisotopic (exact) mass is 603 g/mol. The number of ether oxygens (including phenoxy) is 2. The van der Waals surface area contributed by atoms with Crippen molar-refractivity contribution in [1.29, 1.82) is 0 Å². The van der Waals surface area contributed by atoms with E-state index in [-0.39, 0.29) is 23.2 Å². The number of hydrogen-bond acceptors (Lipinski definition) is 5. The van der Waals surface area contributed by atoms with Gasteiger partial charge in [-0.05, 0) is 118 Å². The molecule has 1 amide bonds. The standard InChI is InChI=1S/C37H66N2O4/c1-26(2)12-10-13-27(3)31-16-17-32-30-15-14-28-24-29(18-20-36(28,7)33(30)19-21-37(31,32)8)43-34(40)38-22-11-23-42-39(9)25-41-35(4,5)6/h14,26-27,29-33H,10-13,15-25H2,1-9H3,(H,38,40)/t27?,29-,30-,31?,32-,33-,36-,37+/m0/s1. The van der Waals surface area contributed by atoms with Crippen LogP contribution in [0.15, 0.2) is 11.6 Å². The number of alkyl carbamates (subject to hydrolysis) is 1. The SMILES string of the molecule is CC(C)CCCC(C)C1CC[C@H]2[C@@H]3CC=C4C[C@@H](OC(=O)NCCCON(C)COC(C)(C)C)CC[C@]4(C)[C@H]3CC[C@]12C. The Morgan fingerprint density at radius 1 is 1.05 bits per heavy atom. The fourth-order valence-corrected chi connectivity index (χ4v) is 9.75. The molecule has 248 valence electrons. The van der Waals surface area contributed by atoms with Crippen LogP contribution in [-0.4, -0.2) is 49.8 Å². The van der Waals surface area contributed by atoms with E-state index in [4.69, 9.17) is 14.3 Å². The minimum Gasteiger partial charge on any atom is -0.446 e. The first kappa shape index (κ1) is 34.8. The van der Waals surface area contributed by atoms with Crippen molar-refractivity contribution in [1.82, 2.24) is 10.4 Å². The predicted octanol–water partition coefficient (Wildman–Crippen LogP) is 9.15. The average molecular weight is 603 g/mol. The third-order valence-corrected chi connectivity index (χ3v) is 12.1. The molecule has 0 spiro atoms. The first-order chi connectivity index (χ1) is 20.2. The quantitative estimate of drug-likeness (QED) is 0.0986. The highest BCUT2D eigenvalue weighted by Crippen LogP contribution is 2.67. The number of rotatable bonds is 13. The number of hydroxylamine groups is 2. The van der Waals surface area contributed by atoms with Gasteiger partial charge in [0.05, 0.1) is 12.2 Å². The first-order valence-electron chi connectivity index (χ1n) is 17.8. The van der Waals surface area contributed by atoms with Crippen LogP contribution in [0.5, 0.6) is 0 Å². The summed E-state index contributed by atoms with van der Waals surface area (Å²) in [6.45, 7) is 20.1. The molecule has 0 radical (unpaired) electrons. The Balaban J connectivity index is 1.23. The van der Waals surface area contributed by atoms with Crippen LogP contribution >= 0.6 is 0 Å². The van der Waals surface area contributed by atoms with E-state index in [0.717, 1.165) is 61.2 Å². The van der Waals surface area contributed by atoms with Crippen molar-refractivity contribution >= 4 is 6.09 Å². The zero-order valence-corrected chi connectivity index (χ0v) is 29.3. The molecule has 4 aliphatic rings. The van der Waals surface area contributed by atoms with Crippen molar-refractivity contribution < 1.29 is 19.1 Å². The number of carbonyl (C=O) groups excluding carboxylic acids is 1. The smallest absolute Gasteiger partial charge is 0.407 e. The molecule has 6 heteroatoms. The molecule has 1 N–H and O–H groups in total. The van der Waals surface area contributed by atoms with Crippen LogP contribution in [0, 0.1) is 46.3 Å². The van der Waals surface area contributed by atoms with Crippen molar-refractivity contribution in [3.05, 3.63) is 11.6 Å². The molecule has 3 fully saturated rings. The van der Waals surface area contributed by atoms with E-state index in [9.17, 15) is 4.79 Å². The van der Waals surface area contributed by atoms with Gasteiger partial charge >= 0.3 is 6.09 Å². The fraction of sp³-hybridized carbons (Fsp3) is 0.919. The summed E-state index contributed by atoms with van der Waals surface area (Å²) >= 11 is 0. The van der Waals surface area contributed by atoms with Crippen molar-refractivity contribution in [3.8, 4) is 0 Å². The van der Waals surface area contributed by atoms with E-state index in [1.54, 1.807) is 10.6 Å². The van der Waals surface area contributed by atoms with Crippen LogP contribution < -0.4 is 5.32 Å². The van der Waals surface area contributed by atoms with Crippen molar-refractivity contribution in [2.24, 2.45) is 46.3 Å². The van der Waals surface area contributed by atoms with Gasteiger partial charge in [0.15, 0.2) is 0 Å². The summed E-state index contributed by atoms with van der Waals surface area (Å²) in [5, 5.41) is 4.63. The lowest BCUT2D eigenvalue weighted by Gasteiger charge is -2.58. The Morgan fingerprint density at radius 2 is 1.81 bits per heavy atom. The second-order valence-corrected chi connectivity index (χ2v) is 16.7. The third-order valence-electron chi connectivity index (χ3n) is 12.1. The molecule has 43 heavy (non-hydrogen) atoms. The van der Waals surface area contributed by atoms with E-state index in [1.807, 2.05) is 27.8 Å². The number of allylic oxidation sites excluding steroid dienone is 1. The zero-order valence-electron chi connectivity index (χ0n) is 29.3.